The van der Waals surface area contributed by atoms with Gasteiger partial charge >= 0.3 is 5.97 Å². The molecule has 2 atom stereocenters. The van der Waals surface area contributed by atoms with Crippen LogP contribution < -0.4 is 10.4 Å². The fourth-order valence-corrected chi connectivity index (χ4v) is 2.15. The molecule has 5 heteroatoms. The predicted octanol–water partition coefficient (Wildman–Crippen LogP) is -0.562. The van der Waals surface area contributed by atoms with Crippen molar-refractivity contribution in [2.24, 2.45) is 5.92 Å². The van der Waals surface area contributed by atoms with Gasteiger partial charge in [-0.1, -0.05) is 24.3 Å². The topological polar surface area (TPSA) is 89.5 Å². The zero-order valence-electron chi connectivity index (χ0n) is 9.05. The van der Waals surface area contributed by atoms with Crippen LogP contribution in [0.1, 0.15) is 21.8 Å². The van der Waals surface area contributed by atoms with Crippen molar-refractivity contribution >= 4 is 11.9 Å². The molecule has 1 aliphatic rings. The molecule has 17 heavy (non-hydrogen) atoms. The monoisotopic (exact) mass is 234 g/mol. The number of rotatable bonds is 3. The molecule has 5 nitrogen and oxygen atoms in total. The van der Waals surface area contributed by atoms with E-state index >= 15 is 0 Å². The van der Waals surface area contributed by atoms with Gasteiger partial charge in [-0.25, -0.2) is 0 Å². The number of carboxylic acids is 2. The maximum atomic E-state index is 11.0. The van der Waals surface area contributed by atoms with Crippen LogP contribution in [0.2, 0.25) is 0 Å². The van der Waals surface area contributed by atoms with E-state index in [9.17, 15) is 14.7 Å². The summed E-state index contributed by atoms with van der Waals surface area (Å²) in [4.78, 5) is 21.6. The maximum absolute atomic E-state index is 11.0. The summed E-state index contributed by atoms with van der Waals surface area (Å²) in [7, 11) is 0. The first-order valence-corrected chi connectivity index (χ1v) is 5.34. The fraction of sp³-hybridized carbons (Fsp3) is 0.333. The molecule has 2 unspecified atom stereocenters. The highest BCUT2D eigenvalue weighted by Crippen LogP contribution is 2.28. The van der Waals surface area contributed by atoms with Gasteiger partial charge in [0.15, 0.2) is 0 Å². The number of hydrogen-bond donors (Lipinski definition) is 2. The van der Waals surface area contributed by atoms with Crippen LogP contribution in [0, 0.1) is 5.92 Å². The molecule has 2 rings (SSSR count). The van der Waals surface area contributed by atoms with E-state index in [1.165, 1.54) is 12.1 Å². The van der Waals surface area contributed by atoms with Crippen LogP contribution in [-0.4, -0.2) is 30.1 Å². The summed E-state index contributed by atoms with van der Waals surface area (Å²) in [6.45, 7) is 1.05. The third-order valence-electron chi connectivity index (χ3n) is 3.11. The van der Waals surface area contributed by atoms with Gasteiger partial charge in [0.2, 0.25) is 0 Å². The molecule has 0 amide bonds. The summed E-state index contributed by atoms with van der Waals surface area (Å²) in [5.74, 6) is -2.62. The van der Waals surface area contributed by atoms with Crippen molar-refractivity contribution in [2.45, 2.75) is 5.92 Å². The lowest BCUT2D eigenvalue weighted by molar-refractivity contribution is -0.255. The van der Waals surface area contributed by atoms with Crippen LogP contribution in [0.5, 0.6) is 0 Å². The molecule has 0 aliphatic carbocycles. The standard InChI is InChI=1S/C12H13NO4/c14-11(15)8-3-1-7(2-4-8)9-5-13-6-10(9)12(16)17/h1-4,9-10,13H,5-6H2,(H,14,15)(H,16,17)/p-1. The third-order valence-corrected chi connectivity index (χ3v) is 3.11. The fourth-order valence-electron chi connectivity index (χ4n) is 2.15. The van der Waals surface area contributed by atoms with Gasteiger partial charge in [-0.05, 0) is 11.1 Å². The van der Waals surface area contributed by atoms with E-state index in [0.29, 0.717) is 13.1 Å². The summed E-state index contributed by atoms with van der Waals surface area (Å²) < 4.78 is 0. The quantitative estimate of drug-likeness (QED) is 0.731. The van der Waals surface area contributed by atoms with Crippen molar-refractivity contribution in [1.82, 2.24) is 5.32 Å². The molecule has 1 aliphatic heterocycles. The van der Waals surface area contributed by atoms with Gasteiger partial charge in [0.25, 0.3) is 0 Å². The number of hydrogen-bond acceptors (Lipinski definition) is 4. The number of nitrogens with one attached hydrogen (secondary N) is 1. The molecule has 0 radical (unpaired) electrons. The average Bonchev–Trinajstić information content (AvgIpc) is 2.78. The predicted molar refractivity (Wildman–Crippen MR) is 57.5 cm³/mol. The number of aromatic carboxylic acids is 1. The van der Waals surface area contributed by atoms with Gasteiger partial charge in [0.1, 0.15) is 0 Å². The lowest BCUT2D eigenvalue weighted by Crippen LogP contribution is -2.23. The summed E-state index contributed by atoms with van der Waals surface area (Å²) >= 11 is 0. The van der Waals surface area contributed by atoms with Crippen molar-refractivity contribution in [3.05, 3.63) is 35.4 Å². The maximum Gasteiger partial charge on any atom is 0.308 e. The second-order valence-electron chi connectivity index (χ2n) is 4.12. The lowest BCUT2D eigenvalue weighted by Gasteiger charge is -2.15. The summed E-state index contributed by atoms with van der Waals surface area (Å²) in [6, 6.07) is 6.20. The normalized spacial score (nSPS) is 23.5. The van der Waals surface area contributed by atoms with Crippen LogP contribution in [-0.2, 0) is 4.79 Å². The van der Waals surface area contributed by atoms with E-state index < -0.39 is 17.9 Å². The van der Waals surface area contributed by atoms with Gasteiger partial charge in [-0.3, -0.25) is 4.79 Å². The zero-order valence-corrected chi connectivity index (χ0v) is 9.05. The molecule has 0 bridgehead atoms. The van der Waals surface area contributed by atoms with E-state index in [0.717, 1.165) is 5.56 Å². The van der Waals surface area contributed by atoms with Gasteiger partial charge < -0.3 is 20.3 Å². The first-order valence-electron chi connectivity index (χ1n) is 5.34. The lowest BCUT2D eigenvalue weighted by atomic mass is 9.88. The molecule has 90 valence electrons. The summed E-state index contributed by atoms with van der Waals surface area (Å²) in [5, 5.41) is 22.7. The van der Waals surface area contributed by atoms with Crippen LogP contribution in [0.25, 0.3) is 0 Å². The number of carbonyl (C=O) groups is 2. The van der Waals surface area contributed by atoms with Crippen LogP contribution >= 0.6 is 0 Å². The molecule has 1 fully saturated rings. The highest BCUT2D eigenvalue weighted by atomic mass is 16.4. The third kappa shape index (κ3) is 2.29. The molecule has 0 spiro atoms. The van der Waals surface area contributed by atoms with Crippen LogP contribution in [0.15, 0.2) is 24.3 Å². The van der Waals surface area contributed by atoms with E-state index in [1.54, 1.807) is 12.1 Å². The SMILES string of the molecule is O=C([O-])c1ccc(C2CNCC2C(=O)O)cc1. The van der Waals surface area contributed by atoms with Crippen molar-refractivity contribution < 1.29 is 19.8 Å². The van der Waals surface area contributed by atoms with Crippen molar-refractivity contribution in [3.63, 3.8) is 0 Å². The molecule has 1 aromatic rings. The Hall–Kier alpha value is -1.88. The summed E-state index contributed by atoms with van der Waals surface area (Å²) in [5.41, 5.74) is 0.944. The van der Waals surface area contributed by atoms with Gasteiger partial charge in [0, 0.05) is 19.0 Å². The largest absolute Gasteiger partial charge is 0.545 e. The van der Waals surface area contributed by atoms with E-state index in [-0.39, 0.29) is 11.5 Å². The molecular formula is C12H12NO4-. The van der Waals surface area contributed by atoms with Gasteiger partial charge in [-0.15, -0.1) is 0 Å². The minimum atomic E-state index is -1.23. The molecule has 0 saturated carbocycles. The van der Waals surface area contributed by atoms with Crippen LogP contribution in [0.3, 0.4) is 0 Å². The van der Waals surface area contributed by atoms with Crippen molar-refractivity contribution in [2.75, 3.05) is 13.1 Å². The second kappa shape index (κ2) is 4.55. The highest BCUT2D eigenvalue weighted by Gasteiger charge is 2.33. The molecule has 1 heterocycles. The highest BCUT2D eigenvalue weighted by molar-refractivity contribution is 5.85. The molecular weight excluding hydrogens is 222 g/mol. The number of carbonyl (C=O) groups excluding carboxylic acids is 1. The minimum absolute atomic E-state index is 0.103. The Morgan fingerprint density at radius 3 is 2.41 bits per heavy atom. The average molecular weight is 234 g/mol. The Kier molecular flexibility index (Phi) is 3.10. The first kappa shape index (κ1) is 11.6. The number of aliphatic carboxylic acids is 1. The van der Waals surface area contributed by atoms with E-state index in [2.05, 4.69) is 5.32 Å². The van der Waals surface area contributed by atoms with Crippen LogP contribution in [0.4, 0.5) is 0 Å². The van der Waals surface area contributed by atoms with Crippen molar-refractivity contribution in [1.29, 1.82) is 0 Å². The van der Waals surface area contributed by atoms with Gasteiger partial charge in [0.05, 0.1) is 11.9 Å². The Labute approximate surface area is 98.1 Å². The zero-order chi connectivity index (χ0) is 12.4. The molecule has 1 aromatic carbocycles. The molecule has 0 aromatic heterocycles. The smallest absolute Gasteiger partial charge is 0.308 e. The Bertz CT molecular complexity index is 440. The van der Waals surface area contributed by atoms with Gasteiger partial charge in [-0.2, -0.15) is 0 Å². The summed E-state index contributed by atoms with van der Waals surface area (Å²) in [6.07, 6.45) is 0. The Balaban J connectivity index is 2.22. The molecule has 2 N–H and O–H groups in total. The Morgan fingerprint density at radius 2 is 1.88 bits per heavy atom. The minimum Gasteiger partial charge on any atom is -0.545 e. The molecule has 1 saturated heterocycles. The van der Waals surface area contributed by atoms with Crippen molar-refractivity contribution in [3.8, 4) is 0 Å². The first-order chi connectivity index (χ1) is 8.09. The number of carboxylic acid groups (broad SMARTS) is 2. The Morgan fingerprint density at radius 1 is 1.24 bits per heavy atom. The number of benzene rings is 1. The second-order valence-corrected chi connectivity index (χ2v) is 4.12. The van der Waals surface area contributed by atoms with E-state index in [4.69, 9.17) is 5.11 Å². The van der Waals surface area contributed by atoms with E-state index in [1.807, 2.05) is 0 Å².